The summed E-state index contributed by atoms with van der Waals surface area (Å²) in [4.78, 5) is 20.7. The number of carbonyl (C=O) groups is 1. The van der Waals surface area contributed by atoms with Crippen LogP contribution in [-0.4, -0.2) is 42.0 Å². The molecule has 2 heterocycles. The van der Waals surface area contributed by atoms with Gasteiger partial charge in [-0.05, 0) is 49.1 Å². The molecular formula is C20H25N3O. The molecule has 3 rings (SSSR count). The second kappa shape index (κ2) is 7.47. The Morgan fingerprint density at radius 3 is 2.79 bits per heavy atom. The highest BCUT2D eigenvalue weighted by atomic mass is 16.2. The molecule has 1 amide bonds. The molecule has 126 valence electrons. The summed E-state index contributed by atoms with van der Waals surface area (Å²) < 4.78 is 0. The third kappa shape index (κ3) is 3.75. The third-order valence-electron chi connectivity index (χ3n) is 4.83. The van der Waals surface area contributed by atoms with Gasteiger partial charge in [0.2, 0.25) is 5.91 Å². The van der Waals surface area contributed by atoms with E-state index >= 15 is 0 Å². The molecule has 0 fully saturated rings. The highest BCUT2D eigenvalue weighted by Gasteiger charge is 2.25. The van der Waals surface area contributed by atoms with Crippen molar-refractivity contribution < 1.29 is 4.79 Å². The summed E-state index contributed by atoms with van der Waals surface area (Å²) >= 11 is 0. The lowest BCUT2D eigenvalue weighted by molar-refractivity contribution is -0.129. The van der Waals surface area contributed by atoms with Crippen molar-refractivity contribution in [2.45, 2.75) is 32.2 Å². The smallest absolute Gasteiger partial charge is 0.224 e. The summed E-state index contributed by atoms with van der Waals surface area (Å²) in [6.45, 7) is 3.77. The summed E-state index contributed by atoms with van der Waals surface area (Å²) in [5.74, 6) is 0.209. The second-order valence-electron chi connectivity index (χ2n) is 6.55. The number of aromatic nitrogens is 1. The summed E-state index contributed by atoms with van der Waals surface area (Å²) in [5.41, 5.74) is 3.90. The van der Waals surface area contributed by atoms with Crippen molar-refractivity contribution >= 4 is 11.6 Å². The molecule has 1 aromatic carbocycles. The molecule has 0 N–H and O–H groups in total. The van der Waals surface area contributed by atoms with Crippen molar-refractivity contribution in [3.63, 3.8) is 0 Å². The van der Waals surface area contributed by atoms with E-state index in [-0.39, 0.29) is 5.91 Å². The Kier molecular flexibility index (Phi) is 5.14. The van der Waals surface area contributed by atoms with E-state index in [1.807, 2.05) is 24.1 Å². The van der Waals surface area contributed by atoms with E-state index in [4.69, 9.17) is 0 Å². The van der Waals surface area contributed by atoms with Gasteiger partial charge in [-0.3, -0.25) is 9.78 Å². The number of benzene rings is 1. The van der Waals surface area contributed by atoms with E-state index in [1.165, 1.54) is 16.8 Å². The molecule has 0 bridgehead atoms. The van der Waals surface area contributed by atoms with E-state index in [0.29, 0.717) is 12.5 Å². The molecular weight excluding hydrogens is 298 g/mol. The first kappa shape index (κ1) is 16.5. The number of nitrogens with zero attached hydrogens (tertiary/aromatic N) is 3. The van der Waals surface area contributed by atoms with Crippen LogP contribution in [0.1, 0.15) is 24.5 Å². The predicted octanol–water partition coefficient (Wildman–Crippen LogP) is 2.92. The fourth-order valence-electron chi connectivity index (χ4n) is 3.35. The minimum absolute atomic E-state index is 0.209. The molecule has 24 heavy (non-hydrogen) atoms. The number of rotatable bonds is 6. The maximum Gasteiger partial charge on any atom is 0.224 e. The largest absolute Gasteiger partial charge is 0.368 e. The van der Waals surface area contributed by atoms with E-state index in [0.717, 1.165) is 25.9 Å². The molecule has 1 unspecified atom stereocenters. The van der Waals surface area contributed by atoms with Crippen molar-refractivity contribution in [3.05, 3.63) is 59.9 Å². The number of carbonyl (C=O) groups excluding carboxylic acids is 1. The van der Waals surface area contributed by atoms with Crippen molar-refractivity contribution in [1.29, 1.82) is 0 Å². The Hall–Kier alpha value is -2.36. The number of para-hydroxylation sites is 1. The van der Waals surface area contributed by atoms with Gasteiger partial charge in [0.25, 0.3) is 0 Å². The monoisotopic (exact) mass is 323 g/mol. The zero-order valence-corrected chi connectivity index (χ0v) is 14.5. The molecule has 0 aliphatic carbocycles. The van der Waals surface area contributed by atoms with Gasteiger partial charge in [0.1, 0.15) is 0 Å². The summed E-state index contributed by atoms with van der Waals surface area (Å²) in [7, 11) is 1.89. The molecule has 1 aliphatic heterocycles. The zero-order chi connectivity index (χ0) is 16.9. The van der Waals surface area contributed by atoms with E-state index in [2.05, 4.69) is 41.1 Å². The van der Waals surface area contributed by atoms with Crippen molar-refractivity contribution in [2.75, 3.05) is 25.0 Å². The average molecular weight is 323 g/mol. The van der Waals surface area contributed by atoms with Crippen LogP contribution in [0.15, 0.2) is 48.8 Å². The Balaban J connectivity index is 1.50. The van der Waals surface area contributed by atoms with Crippen LogP contribution in [0.3, 0.4) is 0 Å². The Labute approximate surface area is 144 Å². The second-order valence-corrected chi connectivity index (χ2v) is 6.55. The molecule has 2 aromatic rings. The van der Waals surface area contributed by atoms with Crippen LogP contribution < -0.4 is 4.90 Å². The molecule has 0 saturated carbocycles. The fraction of sp³-hybridized carbons (Fsp3) is 0.400. The van der Waals surface area contributed by atoms with Crippen molar-refractivity contribution in [2.24, 2.45) is 0 Å². The Morgan fingerprint density at radius 1 is 1.25 bits per heavy atom. The van der Waals surface area contributed by atoms with Gasteiger partial charge < -0.3 is 9.80 Å². The van der Waals surface area contributed by atoms with Gasteiger partial charge in [0.15, 0.2) is 0 Å². The lowest BCUT2D eigenvalue weighted by atomic mass is 10.1. The van der Waals surface area contributed by atoms with Crippen LogP contribution in [0.5, 0.6) is 0 Å². The minimum atomic E-state index is 0.209. The molecule has 4 nitrogen and oxygen atoms in total. The summed E-state index contributed by atoms with van der Waals surface area (Å²) in [5, 5.41) is 0. The maximum atomic E-state index is 12.4. The highest BCUT2D eigenvalue weighted by molar-refractivity contribution is 5.76. The number of fused-ring (bicyclic) bond motifs is 1. The molecule has 0 saturated heterocycles. The van der Waals surface area contributed by atoms with E-state index in [1.54, 1.807) is 12.4 Å². The fourth-order valence-corrected chi connectivity index (χ4v) is 3.35. The Morgan fingerprint density at radius 2 is 2.00 bits per heavy atom. The summed E-state index contributed by atoms with van der Waals surface area (Å²) in [6.07, 6.45) is 6.09. The van der Waals surface area contributed by atoms with Gasteiger partial charge in [-0.15, -0.1) is 0 Å². The number of anilines is 1. The number of pyridine rings is 1. The van der Waals surface area contributed by atoms with Crippen molar-refractivity contribution in [1.82, 2.24) is 9.88 Å². The molecule has 1 aliphatic rings. The summed E-state index contributed by atoms with van der Waals surface area (Å²) in [6, 6.07) is 13.0. The lowest BCUT2D eigenvalue weighted by Gasteiger charge is -2.26. The Bertz CT molecular complexity index is 686. The first-order valence-corrected chi connectivity index (χ1v) is 8.62. The zero-order valence-electron chi connectivity index (χ0n) is 14.5. The van der Waals surface area contributed by atoms with Crippen molar-refractivity contribution in [3.8, 4) is 0 Å². The van der Waals surface area contributed by atoms with Gasteiger partial charge >= 0.3 is 0 Å². The lowest BCUT2D eigenvalue weighted by Crippen LogP contribution is -2.35. The molecule has 1 aromatic heterocycles. The average Bonchev–Trinajstić information content (AvgIpc) is 2.93. The minimum Gasteiger partial charge on any atom is -0.368 e. The van der Waals surface area contributed by atoms with Crippen LogP contribution in [0.4, 0.5) is 5.69 Å². The van der Waals surface area contributed by atoms with Gasteiger partial charge in [-0.2, -0.15) is 0 Å². The SMILES string of the molecule is CC1Cc2ccccc2N1CCC(=O)N(C)CCc1ccncc1. The molecule has 1 atom stereocenters. The predicted molar refractivity (Wildman–Crippen MR) is 97.1 cm³/mol. The molecule has 4 heteroatoms. The maximum absolute atomic E-state index is 12.4. The number of amides is 1. The number of hydrogen-bond donors (Lipinski definition) is 0. The van der Waals surface area contributed by atoms with Crippen LogP contribution >= 0.6 is 0 Å². The van der Waals surface area contributed by atoms with Gasteiger partial charge in [-0.1, -0.05) is 18.2 Å². The standard InChI is InChI=1S/C20H25N3O/c1-16-15-18-5-3-4-6-19(18)23(16)14-10-20(24)22(2)13-9-17-7-11-21-12-8-17/h3-8,11-12,16H,9-10,13-15H2,1-2H3. The normalized spacial score (nSPS) is 16.1. The quantitative estimate of drug-likeness (QED) is 0.820. The topological polar surface area (TPSA) is 36.4 Å². The van der Waals surface area contributed by atoms with Gasteiger partial charge in [-0.25, -0.2) is 0 Å². The highest BCUT2D eigenvalue weighted by Crippen LogP contribution is 2.31. The molecule has 0 spiro atoms. The number of likely N-dealkylation sites (N-methyl/N-ethyl adjacent to an activating group) is 1. The van der Waals surface area contributed by atoms with Crippen LogP contribution in [0.25, 0.3) is 0 Å². The number of hydrogen-bond acceptors (Lipinski definition) is 3. The van der Waals surface area contributed by atoms with Gasteiger partial charge in [0, 0.05) is 50.7 Å². The van der Waals surface area contributed by atoms with Crippen LogP contribution in [0.2, 0.25) is 0 Å². The van der Waals surface area contributed by atoms with Gasteiger partial charge in [0.05, 0.1) is 0 Å². The first-order valence-electron chi connectivity index (χ1n) is 8.62. The molecule has 0 radical (unpaired) electrons. The van der Waals surface area contributed by atoms with Crippen LogP contribution in [0, 0.1) is 0 Å². The third-order valence-corrected chi connectivity index (χ3v) is 4.83. The van der Waals surface area contributed by atoms with E-state index < -0.39 is 0 Å². The van der Waals surface area contributed by atoms with Crippen LogP contribution in [-0.2, 0) is 17.6 Å². The first-order chi connectivity index (χ1) is 11.6. The van der Waals surface area contributed by atoms with E-state index in [9.17, 15) is 4.79 Å².